The van der Waals surface area contributed by atoms with Gasteiger partial charge in [0.2, 0.25) is 0 Å². The molecule has 1 N–H and O–H groups in total. The smallest absolute Gasteiger partial charge is 0.322 e. The number of hydrogen-bond acceptors (Lipinski definition) is 3. The topological polar surface area (TPSA) is 38.3 Å². The van der Waals surface area contributed by atoms with E-state index >= 15 is 0 Å². The van der Waals surface area contributed by atoms with Gasteiger partial charge < -0.3 is 10.1 Å². The first-order valence-corrected chi connectivity index (χ1v) is 4.03. The van der Waals surface area contributed by atoms with Crippen LogP contribution in [0.4, 0.5) is 0 Å². The minimum absolute atomic E-state index is 0.225. The number of hydrogen-bond donors (Lipinski definition) is 1. The van der Waals surface area contributed by atoms with Crippen LogP contribution in [-0.2, 0) is 9.53 Å². The van der Waals surface area contributed by atoms with Gasteiger partial charge in [0, 0.05) is 0 Å². The van der Waals surface area contributed by atoms with Crippen molar-refractivity contribution in [3.05, 3.63) is 12.2 Å². The van der Waals surface area contributed by atoms with Crippen LogP contribution in [0.5, 0.6) is 0 Å². The molecule has 1 unspecified atom stereocenters. The summed E-state index contributed by atoms with van der Waals surface area (Å²) >= 11 is 0. The van der Waals surface area contributed by atoms with E-state index in [1.165, 1.54) is 7.11 Å². The number of rotatable bonds is 5. The molecule has 0 saturated carbocycles. The third-order valence-corrected chi connectivity index (χ3v) is 1.56. The number of carbonyl (C=O) groups is 1. The van der Waals surface area contributed by atoms with Gasteiger partial charge in [-0.05, 0) is 26.8 Å². The first-order chi connectivity index (χ1) is 5.57. The van der Waals surface area contributed by atoms with Crippen LogP contribution in [-0.4, -0.2) is 25.7 Å². The van der Waals surface area contributed by atoms with Crippen molar-refractivity contribution in [2.45, 2.75) is 26.3 Å². The van der Waals surface area contributed by atoms with Crippen molar-refractivity contribution in [1.29, 1.82) is 0 Å². The third kappa shape index (κ3) is 4.91. The minimum atomic E-state index is -0.227. The van der Waals surface area contributed by atoms with E-state index in [0.29, 0.717) is 0 Å². The first-order valence-electron chi connectivity index (χ1n) is 4.03. The lowest BCUT2D eigenvalue weighted by Crippen LogP contribution is -2.35. The standard InChI is InChI=1S/C9H17NO2/c1-7(2)5-6-10-8(3)9(11)12-4/h8,10H,1,5-6H2,2-4H3. The Hall–Kier alpha value is -0.830. The highest BCUT2D eigenvalue weighted by atomic mass is 16.5. The second-order valence-corrected chi connectivity index (χ2v) is 2.91. The van der Waals surface area contributed by atoms with Crippen molar-refractivity contribution < 1.29 is 9.53 Å². The molecule has 0 fully saturated rings. The molecule has 70 valence electrons. The molecule has 0 rings (SSSR count). The lowest BCUT2D eigenvalue weighted by molar-refractivity contribution is -0.142. The molecule has 3 heteroatoms. The average molecular weight is 171 g/mol. The fraction of sp³-hybridized carbons (Fsp3) is 0.667. The fourth-order valence-electron chi connectivity index (χ4n) is 0.762. The summed E-state index contributed by atoms with van der Waals surface area (Å²) in [5, 5.41) is 3.03. The largest absolute Gasteiger partial charge is 0.468 e. The van der Waals surface area contributed by atoms with E-state index in [1.54, 1.807) is 6.92 Å². The van der Waals surface area contributed by atoms with Gasteiger partial charge in [0.05, 0.1) is 7.11 Å². The predicted octanol–water partition coefficient (Wildman–Crippen LogP) is 1.10. The number of ether oxygens (including phenoxy) is 1. The van der Waals surface area contributed by atoms with Gasteiger partial charge in [-0.25, -0.2) is 0 Å². The number of esters is 1. The van der Waals surface area contributed by atoms with Gasteiger partial charge in [-0.2, -0.15) is 0 Å². The molecule has 0 aliphatic heterocycles. The van der Waals surface area contributed by atoms with Gasteiger partial charge in [-0.1, -0.05) is 5.57 Å². The monoisotopic (exact) mass is 171 g/mol. The zero-order valence-electron chi connectivity index (χ0n) is 8.02. The minimum Gasteiger partial charge on any atom is -0.468 e. The van der Waals surface area contributed by atoms with Gasteiger partial charge in [0.25, 0.3) is 0 Å². The predicted molar refractivity (Wildman–Crippen MR) is 48.9 cm³/mol. The second kappa shape index (κ2) is 5.77. The Balaban J connectivity index is 3.50. The lowest BCUT2D eigenvalue weighted by Gasteiger charge is -2.10. The first kappa shape index (κ1) is 11.2. The van der Waals surface area contributed by atoms with Crippen molar-refractivity contribution in [3.63, 3.8) is 0 Å². The van der Waals surface area contributed by atoms with Gasteiger partial charge in [0.1, 0.15) is 6.04 Å². The second-order valence-electron chi connectivity index (χ2n) is 2.91. The molecule has 0 bridgehead atoms. The van der Waals surface area contributed by atoms with E-state index in [9.17, 15) is 4.79 Å². The van der Waals surface area contributed by atoms with Gasteiger partial charge in [-0.3, -0.25) is 4.79 Å². The van der Waals surface area contributed by atoms with Gasteiger partial charge in [0.15, 0.2) is 0 Å². The van der Waals surface area contributed by atoms with Crippen LogP contribution >= 0.6 is 0 Å². The molecule has 0 aliphatic carbocycles. The molecule has 0 saturated heterocycles. The van der Waals surface area contributed by atoms with Crippen LogP contribution in [0.1, 0.15) is 20.3 Å². The average Bonchev–Trinajstić information content (AvgIpc) is 2.02. The third-order valence-electron chi connectivity index (χ3n) is 1.56. The highest BCUT2D eigenvalue weighted by molar-refractivity contribution is 5.75. The highest BCUT2D eigenvalue weighted by Crippen LogP contribution is 1.93. The maximum Gasteiger partial charge on any atom is 0.322 e. The molecule has 0 aromatic rings. The lowest BCUT2D eigenvalue weighted by atomic mass is 10.2. The van der Waals surface area contributed by atoms with Crippen molar-refractivity contribution in [3.8, 4) is 0 Å². The molecule has 0 aromatic carbocycles. The molecule has 1 atom stereocenters. The Labute approximate surface area is 73.8 Å². The van der Waals surface area contributed by atoms with Gasteiger partial charge >= 0.3 is 5.97 Å². The Kier molecular flexibility index (Phi) is 5.37. The molecule has 0 heterocycles. The Morgan fingerprint density at radius 2 is 2.25 bits per heavy atom. The van der Waals surface area contributed by atoms with Crippen molar-refractivity contribution >= 4 is 5.97 Å². The maximum absolute atomic E-state index is 10.9. The van der Waals surface area contributed by atoms with Crippen molar-refractivity contribution in [2.24, 2.45) is 0 Å². The van der Waals surface area contributed by atoms with E-state index < -0.39 is 0 Å². The molecule has 12 heavy (non-hydrogen) atoms. The molecular weight excluding hydrogens is 154 g/mol. The molecular formula is C9H17NO2. The zero-order valence-corrected chi connectivity index (χ0v) is 8.02. The van der Waals surface area contributed by atoms with E-state index in [4.69, 9.17) is 0 Å². The maximum atomic E-state index is 10.9. The van der Waals surface area contributed by atoms with E-state index in [1.807, 2.05) is 6.92 Å². The summed E-state index contributed by atoms with van der Waals surface area (Å²) in [4.78, 5) is 10.9. The quantitative estimate of drug-likeness (QED) is 0.497. The zero-order chi connectivity index (χ0) is 9.56. The van der Waals surface area contributed by atoms with Crippen LogP contribution in [0, 0.1) is 0 Å². The summed E-state index contributed by atoms with van der Waals surface area (Å²) in [5.74, 6) is -0.225. The van der Waals surface area contributed by atoms with Gasteiger partial charge in [-0.15, -0.1) is 6.58 Å². The van der Waals surface area contributed by atoms with E-state index in [0.717, 1.165) is 18.5 Å². The molecule has 0 radical (unpaired) electrons. The van der Waals surface area contributed by atoms with Crippen LogP contribution in [0.15, 0.2) is 12.2 Å². The summed E-state index contributed by atoms with van der Waals surface area (Å²) in [6.45, 7) is 8.28. The van der Waals surface area contributed by atoms with Crippen LogP contribution < -0.4 is 5.32 Å². The van der Waals surface area contributed by atoms with Crippen LogP contribution in [0.25, 0.3) is 0 Å². The summed E-state index contributed by atoms with van der Waals surface area (Å²) in [5.41, 5.74) is 1.11. The normalized spacial score (nSPS) is 12.2. The SMILES string of the molecule is C=C(C)CCNC(C)C(=O)OC. The highest BCUT2D eigenvalue weighted by Gasteiger charge is 2.10. The summed E-state index contributed by atoms with van der Waals surface area (Å²) < 4.78 is 4.55. The summed E-state index contributed by atoms with van der Waals surface area (Å²) in [7, 11) is 1.39. The van der Waals surface area contributed by atoms with Crippen molar-refractivity contribution in [1.82, 2.24) is 5.32 Å². The van der Waals surface area contributed by atoms with Crippen LogP contribution in [0.2, 0.25) is 0 Å². The van der Waals surface area contributed by atoms with E-state index in [-0.39, 0.29) is 12.0 Å². The Morgan fingerprint density at radius 1 is 1.67 bits per heavy atom. The van der Waals surface area contributed by atoms with Crippen molar-refractivity contribution in [2.75, 3.05) is 13.7 Å². The number of carbonyl (C=O) groups excluding carboxylic acids is 1. The Morgan fingerprint density at radius 3 is 2.67 bits per heavy atom. The van der Waals surface area contributed by atoms with E-state index in [2.05, 4.69) is 16.6 Å². The summed E-state index contributed by atoms with van der Waals surface area (Å²) in [6.07, 6.45) is 0.890. The fourth-order valence-corrected chi connectivity index (χ4v) is 0.762. The van der Waals surface area contributed by atoms with Crippen LogP contribution in [0.3, 0.4) is 0 Å². The molecule has 0 aromatic heterocycles. The number of nitrogens with one attached hydrogen (secondary N) is 1. The summed E-state index contributed by atoms with van der Waals surface area (Å²) in [6, 6.07) is -0.227. The molecule has 0 spiro atoms. The number of methoxy groups -OCH3 is 1. The molecule has 3 nitrogen and oxygen atoms in total. The Bertz CT molecular complexity index is 166. The molecule has 0 aliphatic rings. The molecule has 0 amide bonds.